The molecule has 1 amide bonds. The highest BCUT2D eigenvalue weighted by Gasteiger charge is 2.34. The number of amides is 1. The SMILES string of the molecule is CCN(I)C(=O)C1CCCc2c1c1c(OC)cccc1n2CCF. The third kappa shape index (κ3) is 2.78. The molecule has 0 saturated carbocycles. The normalized spacial score (nSPS) is 16.9. The first-order valence-electron chi connectivity index (χ1n) is 8.35. The minimum Gasteiger partial charge on any atom is -0.496 e. The summed E-state index contributed by atoms with van der Waals surface area (Å²) in [5.41, 5.74) is 3.10. The van der Waals surface area contributed by atoms with Gasteiger partial charge in [0.05, 0.1) is 48.0 Å². The smallest absolute Gasteiger partial charge is 0.238 e. The van der Waals surface area contributed by atoms with Crippen LogP contribution in [-0.2, 0) is 17.8 Å². The number of fused-ring (bicyclic) bond motifs is 3. The van der Waals surface area contributed by atoms with Crippen molar-refractivity contribution in [3.8, 4) is 5.75 Å². The highest BCUT2D eigenvalue weighted by atomic mass is 127. The van der Waals surface area contributed by atoms with Gasteiger partial charge in [-0.25, -0.2) is 4.39 Å². The van der Waals surface area contributed by atoms with Crippen LogP contribution in [0.5, 0.6) is 5.75 Å². The zero-order chi connectivity index (χ0) is 17.3. The zero-order valence-electron chi connectivity index (χ0n) is 14.0. The van der Waals surface area contributed by atoms with Crippen LogP contribution in [0.1, 0.15) is 36.9 Å². The van der Waals surface area contributed by atoms with Crippen molar-refractivity contribution >= 4 is 39.7 Å². The van der Waals surface area contributed by atoms with Gasteiger partial charge in [0.2, 0.25) is 5.91 Å². The van der Waals surface area contributed by atoms with Crippen molar-refractivity contribution in [3.63, 3.8) is 0 Å². The summed E-state index contributed by atoms with van der Waals surface area (Å²) >= 11 is 2.08. The Morgan fingerprint density at radius 1 is 1.50 bits per heavy atom. The second-order valence-corrected chi connectivity index (χ2v) is 7.18. The van der Waals surface area contributed by atoms with Gasteiger partial charge in [0.15, 0.2) is 0 Å². The number of aryl methyl sites for hydroxylation is 1. The molecule has 1 atom stereocenters. The number of nitrogens with zero attached hydrogens (tertiary/aromatic N) is 2. The van der Waals surface area contributed by atoms with Gasteiger partial charge >= 0.3 is 0 Å². The summed E-state index contributed by atoms with van der Waals surface area (Å²) in [5, 5.41) is 0.974. The molecule has 1 aromatic carbocycles. The molecule has 3 rings (SSSR count). The number of benzene rings is 1. The topological polar surface area (TPSA) is 34.5 Å². The molecule has 4 nitrogen and oxygen atoms in total. The van der Waals surface area contributed by atoms with E-state index >= 15 is 0 Å². The third-order valence-corrected chi connectivity index (χ3v) is 5.96. The van der Waals surface area contributed by atoms with Crippen molar-refractivity contribution in [2.24, 2.45) is 0 Å². The summed E-state index contributed by atoms with van der Waals surface area (Å²) in [7, 11) is 1.64. The molecule has 0 fully saturated rings. The predicted octanol–water partition coefficient (Wildman–Crippen LogP) is 4.24. The van der Waals surface area contributed by atoms with Gasteiger partial charge in [0.25, 0.3) is 0 Å². The lowest BCUT2D eigenvalue weighted by molar-refractivity contribution is -0.126. The second kappa shape index (κ2) is 7.29. The Bertz CT molecular complexity index is 759. The molecule has 0 bridgehead atoms. The van der Waals surface area contributed by atoms with E-state index in [4.69, 9.17) is 4.74 Å². The van der Waals surface area contributed by atoms with Crippen LogP contribution >= 0.6 is 22.9 Å². The van der Waals surface area contributed by atoms with E-state index in [9.17, 15) is 9.18 Å². The van der Waals surface area contributed by atoms with Gasteiger partial charge in [-0.3, -0.25) is 7.91 Å². The van der Waals surface area contributed by atoms with Crippen LogP contribution < -0.4 is 4.74 Å². The van der Waals surface area contributed by atoms with Crippen molar-refractivity contribution in [1.82, 2.24) is 7.68 Å². The lowest BCUT2D eigenvalue weighted by atomic mass is 9.84. The van der Waals surface area contributed by atoms with E-state index in [0.29, 0.717) is 13.1 Å². The molecule has 2 aromatic rings. The Hall–Kier alpha value is -1.31. The predicted molar refractivity (Wildman–Crippen MR) is 102 cm³/mol. The molecule has 24 heavy (non-hydrogen) atoms. The van der Waals surface area contributed by atoms with Crippen molar-refractivity contribution in [2.45, 2.75) is 38.6 Å². The van der Waals surface area contributed by atoms with Gasteiger partial charge in [0.1, 0.15) is 12.4 Å². The Morgan fingerprint density at radius 3 is 2.96 bits per heavy atom. The molecule has 0 saturated heterocycles. The summed E-state index contributed by atoms with van der Waals surface area (Å²) in [6, 6.07) is 5.84. The van der Waals surface area contributed by atoms with Crippen LogP contribution in [0.3, 0.4) is 0 Å². The Kier molecular flexibility index (Phi) is 5.32. The lowest BCUT2D eigenvalue weighted by Crippen LogP contribution is -2.29. The Labute approximate surface area is 155 Å². The number of ether oxygens (including phenoxy) is 1. The van der Waals surface area contributed by atoms with Crippen molar-refractivity contribution in [2.75, 3.05) is 20.3 Å². The maximum Gasteiger partial charge on any atom is 0.238 e. The fourth-order valence-electron chi connectivity index (χ4n) is 3.80. The molecular formula is C18H22FIN2O2. The highest BCUT2D eigenvalue weighted by molar-refractivity contribution is 14.1. The van der Waals surface area contributed by atoms with Crippen LogP contribution in [0.4, 0.5) is 4.39 Å². The van der Waals surface area contributed by atoms with E-state index in [1.165, 1.54) is 0 Å². The average molecular weight is 444 g/mol. The first kappa shape index (κ1) is 17.5. The largest absolute Gasteiger partial charge is 0.496 e. The molecule has 1 aliphatic rings. The minimum atomic E-state index is -0.417. The first-order valence-corrected chi connectivity index (χ1v) is 9.31. The first-order chi connectivity index (χ1) is 11.6. The highest BCUT2D eigenvalue weighted by Crippen LogP contribution is 2.43. The molecule has 130 valence electrons. The molecule has 6 heteroatoms. The van der Waals surface area contributed by atoms with Crippen LogP contribution in [0.25, 0.3) is 10.9 Å². The van der Waals surface area contributed by atoms with E-state index < -0.39 is 6.67 Å². The second-order valence-electron chi connectivity index (χ2n) is 6.02. The molecular weight excluding hydrogens is 422 g/mol. The van der Waals surface area contributed by atoms with Crippen molar-refractivity contribution < 1.29 is 13.9 Å². The third-order valence-electron chi connectivity index (χ3n) is 4.80. The maximum atomic E-state index is 13.1. The average Bonchev–Trinajstić information content (AvgIpc) is 2.95. The summed E-state index contributed by atoms with van der Waals surface area (Å²) in [6.07, 6.45) is 2.66. The van der Waals surface area contributed by atoms with Gasteiger partial charge in [-0.2, -0.15) is 0 Å². The fourth-order valence-corrected chi connectivity index (χ4v) is 4.13. The molecule has 1 aromatic heterocycles. The number of alkyl halides is 1. The van der Waals surface area contributed by atoms with Gasteiger partial charge < -0.3 is 9.30 Å². The number of carbonyl (C=O) groups is 1. The number of rotatable bonds is 5. The fraction of sp³-hybridized carbons (Fsp3) is 0.500. The number of hydrogen-bond donors (Lipinski definition) is 0. The van der Waals surface area contributed by atoms with Crippen LogP contribution in [0, 0.1) is 0 Å². The lowest BCUT2D eigenvalue weighted by Gasteiger charge is -2.26. The van der Waals surface area contributed by atoms with E-state index in [1.54, 1.807) is 10.2 Å². The number of hydrogen-bond acceptors (Lipinski definition) is 2. The number of halogens is 2. The molecule has 1 unspecified atom stereocenters. The van der Waals surface area contributed by atoms with Gasteiger partial charge in [-0.1, -0.05) is 6.07 Å². The van der Waals surface area contributed by atoms with Crippen molar-refractivity contribution in [1.29, 1.82) is 0 Å². The van der Waals surface area contributed by atoms with Crippen LogP contribution in [-0.4, -0.2) is 33.9 Å². The maximum absolute atomic E-state index is 13.1. The molecule has 0 radical (unpaired) electrons. The van der Waals surface area contributed by atoms with Crippen LogP contribution in [0.2, 0.25) is 0 Å². The summed E-state index contributed by atoms with van der Waals surface area (Å²) in [6.45, 7) is 2.55. The van der Waals surface area contributed by atoms with E-state index in [-0.39, 0.29) is 11.8 Å². The zero-order valence-corrected chi connectivity index (χ0v) is 16.2. The number of carbonyl (C=O) groups excluding carboxylic acids is 1. The standard InChI is InChI=1S/C18H22FIN2O2/c1-3-22(20)18(23)12-6-4-7-13-16(12)17-14(21(13)11-10-19)8-5-9-15(17)24-2/h5,8-9,12H,3-4,6-7,10-11H2,1-2H3. The summed E-state index contributed by atoms with van der Waals surface area (Å²) in [4.78, 5) is 12.9. The summed E-state index contributed by atoms with van der Waals surface area (Å²) < 4.78 is 22.5. The quantitative estimate of drug-likeness (QED) is 0.511. The van der Waals surface area contributed by atoms with E-state index in [1.807, 2.05) is 29.7 Å². The van der Waals surface area contributed by atoms with Gasteiger partial charge in [0, 0.05) is 17.6 Å². The van der Waals surface area contributed by atoms with Crippen LogP contribution in [0.15, 0.2) is 18.2 Å². The summed E-state index contributed by atoms with van der Waals surface area (Å²) in [5.74, 6) is 0.715. The van der Waals surface area contributed by atoms with Gasteiger partial charge in [-0.15, -0.1) is 0 Å². The molecule has 0 N–H and O–H groups in total. The molecule has 0 aliphatic heterocycles. The number of likely N-dealkylation sites (N-methyl/N-ethyl adjacent to an activating group) is 1. The van der Waals surface area contributed by atoms with Gasteiger partial charge in [-0.05, 0) is 43.9 Å². The van der Waals surface area contributed by atoms with E-state index in [2.05, 4.69) is 22.9 Å². The monoisotopic (exact) mass is 444 g/mol. The molecule has 0 spiro atoms. The van der Waals surface area contributed by atoms with E-state index in [0.717, 1.165) is 47.2 Å². The molecule has 1 aliphatic carbocycles. The number of methoxy groups -OCH3 is 1. The Morgan fingerprint density at radius 2 is 2.29 bits per heavy atom. The molecule has 1 heterocycles. The van der Waals surface area contributed by atoms with Crippen molar-refractivity contribution in [3.05, 3.63) is 29.5 Å². The number of aromatic nitrogens is 1. The Balaban J connectivity index is 2.26. The minimum absolute atomic E-state index is 0.129.